The van der Waals surface area contributed by atoms with E-state index >= 15 is 0 Å². The highest BCUT2D eigenvalue weighted by Crippen LogP contribution is 2.33. The van der Waals surface area contributed by atoms with Crippen LogP contribution in [0.5, 0.6) is 0 Å². The van der Waals surface area contributed by atoms with Gasteiger partial charge in [-0.15, -0.1) is 0 Å². The minimum Gasteiger partial charge on any atom is -0.327 e. The minimum atomic E-state index is 0.577. The summed E-state index contributed by atoms with van der Waals surface area (Å²) in [6.07, 6.45) is 14.4. The molecule has 1 aliphatic rings. The number of imidazole rings is 2. The van der Waals surface area contributed by atoms with Gasteiger partial charge in [0.2, 0.25) is 0 Å². The first-order valence-corrected chi connectivity index (χ1v) is 10.7. The van der Waals surface area contributed by atoms with Crippen LogP contribution in [0.2, 0.25) is 0 Å². The topological polar surface area (TPSA) is 48.0 Å². The number of nitrogens with zero attached hydrogens (tertiary/aromatic N) is 5. The largest absolute Gasteiger partial charge is 0.327 e. The van der Waals surface area contributed by atoms with E-state index < -0.39 is 0 Å². The van der Waals surface area contributed by atoms with Crippen molar-refractivity contribution in [2.75, 3.05) is 0 Å². The summed E-state index contributed by atoms with van der Waals surface area (Å²) < 4.78 is 4.42. The molecule has 0 unspecified atom stereocenters. The van der Waals surface area contributed by atoms with Gasteiger partial charge in [0.25, 0.3) is 0 Å². The first-order valence-electron chi connectivity index (χ1n) is 10.7. The molecule has 0 spiro atoms. The van der Waals surface area contributed by atoms with Crippen LogP contribution in [-0.4, -0.2) is 23.9 Å². The lowest BCUT2D eigenvalue weighted by atomic mass is 9.95. The predicted molar refractivity (Wildman–Crippen MR) is 119 cm³/mol. The fraction of sp³-hybridized carbons (Fsp3) is 0.240. The monoisotopic (exact) mass is 393 g/mol. The third kappa shape index (κ3) is 2.89. The summed E-state index contributed by atoms with van der Waals surface area (Å²) in [5.41, 5.74) is 7.06. The summed E-state index contributed by atoms with van der Waals surface area (Å²) in [5.74, 6) is 0. The van der Waals surface area contributed by atoms with E-state index in [4.69, 9.17) is 9.97 Å². The van der Waals surface area contributed by atoms with Crippen LogP contribution in [0.25, 0.3) is 39.2 Å². The predicted octanol–water partition coefficient (Wildman–Crippen LogP) is 5.92. The Labute approximate surface area is 175 Å². The molecular weight excluding hydrogens is 370 g/mol. The molecule has 0 amide bonds. The van der Waals surface area contributed by atoms with Crippen LogP contribution < -0.4 is 0 Å². The minimum absolute atomic E-state index is 0.577. The van der Waals surface area contributed by atoms with Crippen molar-refractivity contribution in [2.45, 2.75) is 38.1 Å². The lowest BCUT2D eigenvalue weighted by Crippen LogP contribution is -2.11. The number of hydrogen-bond donors (Lipinski definition) is 0. The summed E-state index contributed by atoms with van der Waals surface area (Å²) in [6.45, 7) is 0. The van der Waals surface area contributed by atoms with Crippen LogP contribution in [0.15, 0.2) is 73.4 Å². The maximum Gasteiger partial charge on any atom is 0.163 e. The molecule has 1 saturated carbocycles. The zero-order chi connectivity index (χ0) is 19.9. The van der Waals surface area contributed by atoms with Gasteiger partial charge in [0, 0.05) is 35.8 Å². The van der Waals surface area contributed by atoms with Crippen molar-refractivity contribution >= 4 is 16.7 Å². The van der Waals surface area contributed by atoms with Crippen LogP contribution in [-0.2, 0) is 0 Å². The lowest BCUT2D eigenvalue weighted by molar-refractivity contribution is 0.359. The molecule has 2 aromatic carbocycles. The molecular formula is C25H23N5. The van der Waals surface area contributed by atoms with Crippen LogP contribution >= 0.6 is 0 Å². The number of hydrogen-bond acceptors (Lipinski definition) is 3. The van der Waals surface area contributed by atoms with Crippen LogP contribution in [0.4, 0.5) is 0 Å². The zero-order valence-electron chi connectivity index (χ0n) is 16.8. The molecule has 30 heavy (non-hydrogen) atoms. The van der Waals surface area contributed by atoms with Gasteiger partial charge in [-0.05, 0) is 25.0 Å². The Morgan fingerprint density at radius 3 is 2.60 bits per heavy atom. The zero-order valence-corrected chi connectivity index (χ0v) is 16.8. The molecule has 0 saturated heterocycles. The molecule has 3 aromatic heterocycles. The molecule has 5 nitrogen and oxygen atoms in total. The smallest absolute Gasteiger partial charge is 0.163 e. The highest BCUT2D eigenvalue weighted by molar-refractivity contribution is 5.85. The van der Waals surface area contributed by atoms with Gasteiger partial charge in [-0.3, -0.25) is 0 Å². The second kappa shape index (κ2) is 7.10. The van der Waals surface area contributed by atoms with Crippen molar-refractivity contribution in [1.82, 2.24) is 23.9 Å². The molecule has 5 heteroatoms. The highest BCUT2D eigenvalue weighted by Gasteiger charge is 2.18. The Balaban J connectivity index is 1.48. The van der Waals surface area contributed by atoms with E-state index in [0.717, 1.165) is 33.7 Å². The number of benzene rings is 2. The van der Waals surface area contributed by atoms with Crippen LogP contribution in [0.3, 0.4) is 0 Å². The molecule has 6 rings (SSSR count). The molecule has 148 valence electrons. The average molecular weight is 393 g/mol. The van der Waals surface area contributed by atoms with E-state index in [9.17, 15) is 0 Å². The van der Waals surface area contributed by atoms with Gasteiger partial charge >= 0.3 is 0 Å². The summed E-state index contributed by atoms with van der Waals surface area (Å²) in [6, 6.07) is 17.4. The van der Waals surface area contributed by atoms with E-state index in [0.29, 0.717) is 6.04 Å². The number of aromatic nitrogens is 5. The maximum atomic E-state index is 5.00. The molecule has 0 atom stereocenters. The second-order valence-electron chi connectivity index (χ2n) is 8.15. The average Bonchev–Trinajstić information content (AvgIpc) is 3.46. The van der Waals surface area contributed by atoms with Crippen molar-refractivity contribution in [2.24, 2.45) is 0 Å². The summed E-state index contributed by atoms with van der Waals surface area (Å²) in [4.78, 5) is 14.3. The fourth-order valence-corrected chi connectivity index (χ4v) is 4.70. The third-order valence-corrected chi connectivity index (χ3v) is 6.26. The van der Waals surface area contributed by atoms with Crippen molar-refractivity contribution in [1.29, 1.82) is 0 Å². The van der Waals surface area contributed by atoms with Crippen molar-refractivity contribution in [3.05, 3.63) is 73.4 Å². The molecule has 0 bridgehead atoms. The van der Waals surface area contributed by atoms with Crippen molar-refractivity contribution in [3.63, 3.8) is 0 Å². The Morgan fingerprint density at radius 2 is 1.73 bits per heavy atom. The SMILES string of the molecule is c1ccc(-c2cn3ccnc3c(-c3ccc4c(c3)ncn4C3CCCCC3)n2)cc1. The Bertz CT molecular complexity index is 1330. The van der Waals surface area contributed by atoms with Gasteiger partial charge < -0.3 is 8.97 Å². The van der Waals surface area contributed by atoms with Gasteiger partial charge in [-0.25, -0.2) is 15.0 Å². The van der Waals surface area contributed by atoms with E-state index in [2.05, 4.69) is 44.3 Å². The van der Waals surface area contributed by atoms with E-state index in [1.165, 1.54) is 37.6 Å². The van der Waals surface area contributed by atoms with Crippen LogP contribution in [0, 0.1) is 0 Å². The molecule has 3 heterocycles. The summed E-state index contributed by atoms with van der Waals surface area (Å²) in [7, 11) is 0. The van der Waals surface area contributed by atoms with E-state index in [-0.39, 0.29) is 0 Å². The molecule has 0 radical (unpaired) electrons. The van der Waals surface area contributed by atoms with E-state index in [1.807, 2.05) is 43.1 Å². The number of rotatable bonds is 3. The first kappa shape index (κ1) is 17.4. The van der Waals surface area contributed by atoms with Crippen molar-refractivity contribution < 1.29 is 0 Å². The normalized spacial score (nSPS) is 15.2. The molecule has 1 fully saturated rings. The molecule has 1 aliphatic carbocycles. The fourth-order valence-electron chi connectivity index (χ4n) is 4.70. The van der Waals surface area contributed by atoms with E-state index in [1.54, 1.807) is 0 Å². The second-order valence-corrected chi connectivity index (χ2v) is 8.15. The summed E-state index contributed by atoms with van der Waals surface area (Å²) in [5, 5.41) is 0. The summed E-state index contributed by atoms with van der Waals surface area (Å²) >= 11 is 0. The molecule has 0 aliphatic heterocycles. The Hall–Kier alpha value is -3.47. The van der Waals surface area contributed by atoms with Gasteiger partial charge in [-0.1, -0.05) is 55.7 Å². The van der Waals surface area contributed by atoms with Gasteiger partial charge in [0.05, 0.1) is 23.1 Å². The van der Waals surface area contributed by atoms with Crippen LogP contribution in [0.1, 0.15) is 38.1 Å². The lowest BCUT2D eigenvalue weighted by Gasteiger charge is -2.23. The Kier molecular flexibility index (Phi) is 4.11. The highest BCUT2D eigenvalue weighted by atomic mass is 15.1. The van der Waals surface area contributed by atoms with Gasteiger partial charge in [-0.2, -0.15) is 0 Å². The third-order valence-electron chi connectivity index (χ3n) is 6.26. The Morgan fingerprint density at radius 1 is 0.867 bits per heavy atom. The first-order chi connectivity index (χ1) is 14.9. The maximum absolute atomic E-state index is 5.00. The molecule has 5 aromatic rings. The quantitative estimate of drug-likeness (QED) is 0.382. The number of fused-ring (bicyclic) bond motifs is 2. The van der Waals surface area contributed by atoms with Gasteiger partial charge in [0.15, 0.2) is 5.65 Å². The van der Waals surface area contributed by atoms with Gasteiger partial charge in [0.1, 0.15) is 5.69 Å². The molecule has 0 N–H and O–H groups in total. The standard InChI is InChI=1S/C25H23N5/c1-3-7-18(8-4-1)22-16-29-14-13-26-25(29)24(28-22)19-11-12-23-21(15-19)27-17-30(23)20-9-5-2-6-10-20/h1,3-4,7-8,11-17,20H,2,5-6,9-10H2. The van der Waals surface area contributed by atoms with Crippen molar-refractivity contribution in [3.8, 4) is 22.5 Å².